The molecule has 1 heteroatoms. The Balaban J connectivity index is 2.12. The third kappa shape index (κ3) is 1.30. The van der Waals surface area contributed by atoms with Crippen molar-refractivity contribution in [1.82, 2.24) is 0 Å². The summed E-state index contributed by atoms with van der Waals surface area (Å²) in [7, 11) is 0. The second kappa shape index (κ2) is 3.20. The number of ketones is 1. The molecule has 1 nitrogen and oxygen atoms in total. The van der Waals surface area contributed by atoms with E-state index in [0.717, 1.165) is 18.8 Å². The minimum absolute atomic E-state index is 0.451. The van der Waals surface area contributed by atoms with Crippen molar-refractivity contribution in [3.05, 3.63) is 0 Å². The second-order valence-electron chi connectivity index (χ2n) is 4.55. The molecule has 12 heavy (non-hydrogen) atoms. The molecule has 2 fully saturated rings. The lowest BCUT2D eigenvalue weighted by Gasteiger charge is -2.38. The van der Waals surface area contributed by atoms with E-state index in [0.29, 0.717) is 17.6 Å². The summed E-state index contributed by atoms with van der Waals surface area (Å²) in [6.45, 7) is 2.26. The van der Waals surface area contributed by atoms with Crippen LogP contribution in [0.25, 0.3) is 0 Å². The predicted molar refractivity (Wildman–Crippen MR) is 48.9 cm³/mol. The van der Waals surface area contributed by atoms with E-state index in [4.69, 9.17) is 0 Å². The molecule has 0 spiro atoms. The number of carbonyl (C=O) groups excluding carboxylic acids is 1. The van der Waals surface area contributed by atoms with Crippen molar-refractivity contribution in [2.75, 3.05) is 0 Å². The molecule has 0 unspecified atom stereocenters. The van der Waals surface area contributed by atoms with Gasteiger partial charge in [-0.1, -0.05) is 19.8 Å². The molecule has 0 saturated heterocycles. The monoisotopic (exact) mass is 166 g/mol. The maximum atomic E-state index is 11.6. The van der Waals surface area contributed by atoms with Gasteiger partial charge in [0.15, 0.2) is 0 Å². The maximum Gasteiger partial charge on any atom is 0.136 e. The van der Waals surface area contributed by atoms with Crippen molar-refractivity contribution in [2.45, 2.75) is 45.4 Å². The summed E-state index contributed by atoms with van der Waals surface area (Å²) in [5.74, 6) is 2.46. The Hall–Kier alpha value is -0.330. The molecule has 0 aromatic heterocycles. The van der Waals surface area contributed by atoms with E-state index in [-0.39, 0.29) is 0 Å². The van der Waals surface area contributed by atoms with E-state index >= 15 is 0 Å². The normalized spacial score (nSPS) is 42.4. The highest BCUT2D eigenvalue weighted by atomic mass is 16.1. The van der Waals surface area contributed by atoms with Gasteiger partial charge in [-0.25, -0.2) is 0 Å². The topological polar surface area (TPSA) is 17.1 Å². The molecule has 0 aromatic rings. The molecule has 2 aliphatic carbocycles. The van der Waals surface area contributed by atoms with E-state index in [1.807, 2.05) is 0 Å². The van der Waals surface area contributed by atoms with Gasteiger partial charge in [-0.05, 0) is 31.1 Å². The van der Waals surface area contributed by atoms with Gasteiger partial charge in [0, 0.05) is 12.3 Å². The Morgan fingerprint density at radius 2 is 1.92 bits per heavy atom. The molecule has 0 aliphatic heterocycles. The Bertz CT molecular complexity index is 183. The van der Waals surface area contributed by atoms with Crippen molar-refractivity contribution < 1.29 is 4.79 Å². The Labute approximate surface area is 74.5 Å². The molecule has 0 radical (unpaired) electrons. The molecule has 2 rings (SSSR count). The highest BCUT2D eigenvalue weighted by Crippen LogP contribution is 2.41. The number of hydrogen-bond donors (Lipinski definition) is 0. The molecule has 2 aliphatic rings. The van der Waals surface area contributed by atoms with Crippen molar-refractivity contribution in [3.8, 4) is 0 Å². The summed E-state index contributed by atoms with van der Waals surface area (Å²) in [6.07, 6.45) is 7.31. The Kier molecular flexibility index (Phi) is 2.20. The van der Waals surface area contributed by atoms with Crippen LogP contribution >= 0.6 is 0 Å². The second-order valence-corrected chi connectivity index (χ2v) is 4.55. The Morgan fingerprint density at radius 3 is 2.67 bits per heavy atom. The van der Waals surface area contributed by atoms with Gasteiger partial charge < -0.3 is 0 Å². The number of rotatable bonds is 0. The van der Waals surface area contributed by atoms with Gasteiger partial charge in [-0.2, -0.15) is 0 Å². The molecule has 2 saturated carbocycles. The molecular formula is C11H18O. The van der Waals surface area contributed by atoms with Gasteiger partial charge in [0.1, 0.15) is 5.78 Å². The number of hydrogen-bond acceptors (Lipinski definition) is 1. The van der Waals surface area contributed by atoms with Crippen LogP contribution in [0.5, 0.6) is 0 Å². The molecule has 0 amide bonds. The van der Waals surface area contributed by atoms with E-state index in [2.05, 4.69) is 6.92 Å². The zero-order valence-corrected chi connectivity index (χ0v) is 7.88. The molecule has 0 aromatic carbocycles. The smallest absolute Gasteiger partial charge is 0.136 e. The third-order valence-corrected chi connectivity index (χ3v) is 3.73. The quantitative estimate of drug-likeness (QED) is 0.541. The lowest BCUT2D eigenvalue weighted by Crippen LogP contribution is -2.36. The first kappa shape index (κ1) is 8.28. The van der Waals surface area contributed by atoms with Crippen LogP contribution in [-0.4, -0.2) is 5.78 Å². The van der Waals surface area contributed by atoms with Gasteiger partial charge in [-0.3, -0.25) is 4.79 Å². The summed E-state index contributed by atoms with van der Waals surface area (Å²) in [4.78, 5) is 11.6. The predicted octanol–water partition coefficient (Wildman–Crippen LogP) is 2.79. The van der Waals surface area contributed by atoms with E-state index in [1.165, 1.54) is 25.7 Å². The number of Topliss-reactive ketones (excluding diaryl/α,β-unsaturated/α-hetero) is 1. The van der Waals surface area contributed by atoms with Gasteiger partial charge >= 0.3 is 0 Å². The molecule has 0 bridgehead atoms. The van der Waals surface area contributed by atoms with Crippen LogP contribution in [-0.2, 0) is 4.79 Å². The first-order valence-electron chi connectivity index (χ1n) is 5.32. The van der Waals surface area contributed by atoms with Gasteiger partial charge in [-0.15, -0.1) is 0 Å². The van der Waals surface area contributed by atoms with E-state index in [9.17, 15) is 4.79 Å². The minimum atomic E-state index is 0.451. The van der Waals surface area contributed by atoms with Crippen LogP contribution in [0.3, 0.4) is 0 Å². The highest BCUT2D eigenvalue weighted by Gasteiger charge is 2.37. The SMILES string of the molecule is C[C@H]1CCC[C@H]2CCCC(=O)[C@@H]21. The zero-order chi connectivity index (χ0) is 8.55. The Morgan fingerprint density at radius 1 is 1.17 bits per heavy atom. The molecular weight excluding hydrogens is 148 g/mol. The fourth-order valence-electron chi connectivity index (χ4n) is 3.14. The lowest BCUT2D eigenvalue weighted by atomic mass is 9.65. The van der Waals surface area contributed by atoms with Crippen LogP contribution in [0.1, 0.15) is 45.4 Å². The highest BCUT2D eigenvalue weighted by molar-refractivity contribution is 5.82. The fraction of sp³-hybridized carbons (Fsp3) is 0.909. The van der Waals surface area contributed by atoms with Gasteiger partial charge in [0.05, 0.1) is 0 Å². The van der Waals surface area contributed by atoms with Crippen LogP contribution in [0.4, 0.5) is 0 Å². The van der Waals surface area contributed by atoms with E-state index < -0.39 is 0 Å². The van der Waals surface area contributed by atoms with Crippen LogP contribution in [0.15, 0.2) is 0 Å². The molecule has 3 atom stereocenters. The summed E-state index contributed by atoms with van der Waals surface area (Å²) >= 11 is 0. The first-order valence-corrected chi connectivity index (χ1v) is 5.32. The zero-order valence-electron chi connectivity index (χ0n) is 7.88. The van der Waals surface area contributed by atoms with Crippen molar-refractivity contribution in [2.24, 2.45) is 17.8 Å². The summed E-state index contributed by atoms with van der Waals surface area (Å²) in [5.41, 5.74) is 0. The largest absolute Gasteiger partial charge is 0.299 e. The molecule has 0 N–H and O–H groups in total. The molecule has 0 heterocycles. The first-order chi connectivity index (χ1) is 5.79. The van der Waals surface area contributed by atoms with Crippen molar-refractivity contribution in [3.63, 3.8) is 0 Å². The average molecular weight is 166 g/mol. The maximum absolute atomic E-state index is 11.6. The van der Waals surface area contributed by atoms with Crippen LogP contribution in [0.2, 0.25) is 0 Å². The lowest BCUT2D eigenvalue weighted by molar-refractivity contribution is -0.130. The summed E-state index contributed by atoms with van der Waals surface area (Å²) in [5, 5.41) is 0. The minimum Gasteiger partial charge on any atom is -0.299 e. The van der Waals surface area contributed by atoms with Gasteiger partial charge in [0.25, 0.3) is 0 Å². The number of fused-ring (bicyclic) bond motifs is 1. The van der Waals surface area contributed by atoms with Crippen LogP contribution in [0, 0.1) is 17.8 Å². The van der Waals surface area contributed by atoms with Crippen molar-refractivity contribution >= 4 is 5.78 Å². The van der Waals surface area contributed by atoms with E-state index in [1.54, 1.807) is 0 Å². The average Bonchev–Trinajstić information content (AvgIpc) is 2.04. The van der Waals surface area contributed by atoms with Crippen LogP contribution < -0.4 is 0 Å². The third-order valence-electron chi connectivity index (χ3n) is 3.73. The number of carbonyl (C=O) groups is 1. The fourth-order valence-corrected chi connectivity index (χ4v) is 3.14. The molecule has 68 valence electrons. The summed E-state index contributed by atoms with van der Waals surface area (Å²) < 4.78 is 0. The standard InChI is InChI=1S/C11H18O/c1-8-4-2-5-9-6-3-7-10(12)11(8)9/h8-9,11H,2-7H2,1H3/t8-,9-,11+/m0/s1. The van der Waals surface area contributed by atoms with Crippen molar-refractivity contribution in [1.29, 1.82) is 0 Å². The summed E-state index contributed by atoms with van der Waals surface area (Å²) in [6, 6.07) is 0. The van der Waals surface area contributed by atoms with Gasteiger partial charge in [0.2, 0.25) is 0 Å².